The molecule has 5 nitrogen and oxygen atoms in total. The lowest BCUT2D eigenvalue weighted by Gasteiger charge is -2.18. The van der Waals surface area contributed by atoms with Crippen molar-refractivity contribution in [3.05, 3.63) is 58.7 Å². The molecule has 2 N–H and O–H groups in total. The molecule has 2 rings (SSSR count). The molecule has 0 aliphatic carbocycles. The summed E-state index contributed by atoms with van der Waals surface area (Å²) in [5.41, 5.74) is 5.09. The fraction of sp³-hybridized carbons (Fsp3) is 0.417. The second kappa shape index (κ2) is 12.0. The van der Waals surface area contributed by atoms with Crippen molar-refractivity contribution in [1.82, 2.24) is 4.90 Å². The molecule has 0 radical (unpaired) electrons. The molecule has 0 unspecified atom stereocenters. The van der Waals surface area contributed by atoms with Crippen molar-refractivity contribution in [2.75, 3.05) is 30.3 Å². The number of carbonyl (C=O) groups excluding carboxylic acids is 2. The van der Waals surface area contributed by atoms with Gasteiger partial charge in [-0.25, -0.2) is 0 Å². The minimum absolute atomic E-state index is 0.0561. The Morgan fingerprint density at radius 2 is 1.45 bits per heavy atom. The van der Waals surface area contributed by atoms with Crippen LogP contribution in [0.5, 0.6) is 0 Å². The summed E-state index contributed by atoms with van der Waals surface area (Å²) in [5.74, 6) is -0.216. The first-order valence-corrected chi connectivity index (χ1v) is 10.4. The zero-order valence-electron chi connectivity index (χ0n) is 18.8. The maximum absolute atomic E-state index is 12.6. The van der Waals surface area contributed by atoms with Gasteiger partial charge < -0.3 is 10.6 Å². The van der Waals surface area contributed by atoms with Gasteiger partial charge in [-0.1, -0.05) is 39.8 Å². The monoisotopic (exact) mass is 397 g/mol. The van der Waals surface area contributed by atoms with E-state index in [1.54, 1.807) is 0 Å². The topological polar surface area (TPSA) is 61.4 Å². The highest BCUT2D eigenvalue weighted by atomic mass is 16.2. The first kappa shape index (κ1) is 24.4. The zero-order valence-corrected chi connectivity index (χ0v) is 18.8. The molecule has 0 saturated heterocycles. The Balaban J connectivity index is 0.00000204. The van der Waals surface area contributed by atoms with E-state index in [4.69, 9.17) is 0 Å². The third-order valence-corrected chi connectivity index (χ3v) is 4.89. The average Bonchev–Trinajstić information content (AvgIpc) is 2.72. The Morgan fingerprint density at radius 1 is 0.862 bits per heavy atom. The summed E-state index contributed by atoms with van der Waals surface area (Å²) < 4.78 is 0. The molecule has 158 valence electrons. The Bertz CT molecular complexity index is 827. The van der Waals surface area contributed by atoms with Crippen LogP contribution in [0.1, 0.15) is 54.7 Å². The van der Waals surface area contributed by atoms with Gasteiger partial charge in [-0.15, -0.1) is 0 Å². The minimum atomic E-state index is -0.159. The molecule has 0 atom stereocenters. The van der Waals surface area contributed by atoms with Gasteiger partial charge in [-0.2, -0.15) is 0 Å². The molecular weight excluding hydrogens is 362 g/mol. The van der Waals surface area contributed by atoms with E-state index < -0.39 is 0 Å². The summed E-state index contributed by atoms with van der Waals surface area (Å²) >= 11 is 0. The number of benzene rings is 2. The van der Waals surface area contributed by atoms with E-state index in [1.165, 1.54) is 0 Å². The lowest BCUT2D eigenvalue weighted by Crippen LogP contribution is -2.33. The van der Waals surface area contributed by atoms with Crippen molar-refractivity contribution in [2.24, 2.45) is 0 Å². The van der Waals surface area contributed by atoms with Crippen LogP contribution in [-0.4, -0.2) is 36.3 Å². The van der Waals surface area contributed by atoms with E-state index in [1.807, 2.05) is 84.9 Å². The number of nitrogens with one attached hydrogen (secondary N) is 2. The second-order valence-electron chi connectivity index (χ2n) is 6.74. The number of hydrogen-bond acceptors (Lipinski definition) is 3. The molecule has 2 aromatic carbocycles. The number of nitrogens with zero attached hydrogens (tertiary/aromatic N) is 1. The molecule has 0 saturated carbocycles. The van der Waals surface area contributed by atoms with Crippen LogP contribution in [0.25, 0.3) is 0 Å². The largest absolute Gasteiger partial charge is 0.325 e. The highest BCUT2D eigenvalue weighted by Crippen LogP contribution is 2.24. The quantitative estimate of drug-likeness (QED) is 0.677. The number of carbonyl (C=O) groups is 2. The van der Waals surface area contributed by atoms with Crippen LogP contribution in [0.3, 0.4) is 0 Å². The standard InChI is InChI=1S/C22H29N3O2.C2H6/c1-6-25(7-2)14-21(26)23-19-9-8-10-20(17(19)5)24-22(27)18-12-11-15(3)16(4)13-18;1-2/h8-13H,6-7,14H2,1-5H3,(H,23,26)(H,24,27);1-2H3. The van der Waals surface area contributed by atoms with Crippen molar-refractivity contribution >= 4 is 23.2 Å². The predicted molar refractivity (Wildman–Crippen MR) is 123 cm³/mol. The molecule has 0 bridgehead atoms. The number of amides is 2. The molecule has 0 heterocycles. The normalized spacial score (nSPS) is 10.2. The van der Waals surface area contributed by atoms with E-state index in [0.29, 0.717) is 23.5 Å². The van der Waals surface area contributed by atoms with E-state index in [-0.39, 0.29) is 11.8 Å². The van der Waals surface area contributed by atoms with Gasteiger partial charge in [0.2, 0.25) is 5.91 Å². The second-order valence-corrected chi connectivity index (χ2v) is 6.74. The zero-order chi connectivity index (χ0) is 22.0. The fourth-order valence-corrected chi connectivity index (χ4v) is 2.82. The van der Waals surface area contributed by atoms with Crippen molar-refractivity contribution in [3.63, 3.8) is 0 Å². The lowest BCUT2D eigenvalue weighted by atomic mass is 10.1. The molecule has 5 heteroatoms. The maximum Gasteiger partial charge on any atom is 0.255 e. The van der Waals surface area contributed by atoms with Crippen LogP contribution in [0.4, 0.5) is 11.4 Å². The van der Waals surface area contributed by atoms with Crippen molar-refractivity contribution in [1.29, 1.82) is 0 Å². The number of rotatable bonds is 7. The summed E-state index contributed by atoms with van der Waals surface area (Å²) in [6.07, 6.45) is 0. The highest BCUT2D eigenvalue weighted by molar-refractivity contribution is 6.05. The maximum atomic E-state index is 12.6. The number of anilines is 2. The molecule has 2 aromatic rings. The molecule has 0 fully saturated rings. The van der Waals surface area contributed by atoms with Crippen LogP contribution < -0.4 is 10.6 Å². The highest BCUT2D eigenvalue weighted by Gasteiger charge is 2.13. The third-order valence-electron chi connectivity index (χ3n) is 4.89. The van der Waals surface area contributed by atoms with E-state index in [2.05, 4.69) is 15.5 Å². The number of likely N-dealkylation sites (N-methyl/N-ethyl adjacent to an activating group) is 1. The fourth-order valence-electron chi connectivity index (χ4n) is 2.82. The smallest absolute Gasteiger partial charge is 0.255 e. The Hall–Kier alpha value is -2.66. The van der Waals surface area contributed by atoms with Gasteiger partial charge in [-0.3, -0.25) is 14.5 Å². The summed E-state index contributed by atoms with van der Waals surface area (Å²) in [6, 6.07) is 11.2. The van der Waals surface area contributed by atoms with Gasteiger partial charge in [0.25, 0.3) is 5.91 Å². The number of aryl methyl sites for hydroxylation is 2. The van der Waals surface area contributed by atoms with Crippen LogP contribution in [0, 0.1) is 20.8 Å². The van der Waals surface area contributed by atoms with Crippen molar-refractivity contribution in [2.45, 2.75) is 48.5 Å². The minimum Gasteiger partial charge on any atom is -0.325 e. The summed E-state index contributed by atoms with van der Waals surface area (Å²) in [4.78, 5) is 26.9. The SMILES string of the molecule is CC.CCN(CC)CC(=O)Nc1cccc(NC(=O)c2ccc(C)c(C)c2)c1C. The van der Waals surface area contributed by atoms with Crippen LogP contribution in [0.15, 0.2) is 36.4 Å². The van der Waals surface area contributed by atoms with Gasteiger partial charge in [0, 0.05) is 16.9 Å². The average molecular weight is 398 g/mol. The van der Waals surface area contributed by atoms with Gasteiger partial charge in [0.1, 0.15) is 0 Å². The molecule has 0 spiro atoms. The van der Waals surface area contributed by atoms with E-state index in [9.17, 15) is 9.59 Å². The van der Waals surface area contributed by atoms with Crippen LogP contribution >= 0.6 is 0 Å². The molecule has 2 amide bonds. The van der Waals surface area contributed by atoms with Crippen LogP contribution in [-0.2, 0) is 4.79 Å². The summed E-state index contributed by atoms with van der Waals surface area (Å²) in [5, 5.41) is 5.90. The lowest BCUT2D eigenvalue weighted by molar-refractivity contribution is -0.117. The molecule has 0 aromatic heterocycles. The van der Waals surface area contributed by atoms with Crippen molar-refractivity contribution in [3.8, 4) is 0 Å². The molecule has 0 aliphatic heterocycles. The summed E-state index contributed by atoms with van der Waals surface area (Å²) in [6.45, 7) is 16.0. The number of hydrogen-bond donors (Lipinski definition) is 2. The Labute approximate surface area is 175 Å². The molecule has 29 heavy (non-hydrogen) atoms. The van der Waals surface area contributed by atoms with Gasteiger partial charge in [0.15, 0.2) is 0 Å². The van der Waals surface area contributed by atoms with Crippen LogP contribution in [0.2, 0.25) is 0 Å². The van der Waals surface area contributed by atoms with E-state index >= 15 is 0 Å². The Kier molecular flexibility index (Phi) is 10.1. The van der Waals surface area contributed by atoms with E-state index in [0.717, 1.165) is 29.8 Å². The molecule has 0 aliphatic rings. The van der Waals surface area contributed by atoms with Gasteiger partial charge in [0.05, 0.1) is 6.54 Å². The molecular formula is C24H35N3O2. The first-order chi connectivity index (χ1) is 13.8. The van der Waals surface area contributed by atoms with Gasteiger partial charge >= 0.3 is 0 Å². The van der Waals surface area contributed by atoms with Gasteiger partial charge in [-0.05, 0) is 74.8 Å². The summed E-state index contributed by atoms with van der Waals surface area (Å²) in [7, 11) is 0. The predicted octanol–water partition coefficient (Wildman–Crippen LogP) is 5.17. The first-order valence-electron chi connectivity index (χ1n) is 10.4. The third kappa shape index (κ3) is 7.02. The van der Waals surface area contributed by atoms with Crippen molar-refractivity contribution < 1.29 is 9.59 Å². The Morgan fingerprint density at radius 3 is 2.00 bits per heavy atom.